The molecule has 2 heterocycles. The molecule has 5 nitrogen and oxygen atoms in total. The van der Waals surface area contributed by atoms with Gasteiger partial charge in [-0.25, -0.2) is 0 Å². The number of rotatable bonds is 6. The van der Waals surface area contributed by atoms with Gasteiger partial charge in [-0.05, 0) is 45.2 Å². The summed E-state index contributed by atoms with van der Waals surface area (Å²) in [5.41, 5.74) is 0. The van der Waals surface area contributed by atoms with Gasteiger partial charge in [0, 0.05) is 24.9 Å². The molecule has 0 unspecified atom stereocenters. The van der Waals surface area contributed by atoms with E-state index in [2.05, 4.69) is 9.21 Å². The third-order valence-corrected chi connectivity index (χ3v) is 5.91. The first-order chi connectivity index (χ1) is 9.04. The summed E-state index contributed by atoms with van der Waals surface area (Å²) in [4.78, 5) is 2.63. The maximum atomic E-state index is 10.6. The normalized spacial score (nSPS) is 24.1. The topological polar surface area (TPSA) is 60.9 Å². The third kappa shape index (κ3) is 5.59. The van der Waals surface area contributed by atoms with Gasteiger partial charge in [0.1, 0.15) is 0 Å². The van der Waals surface area contributed by atoms with Gasteiger partial charge in [0.2, 0.25) is 0 Å². The van der Waals surface area contributed by atoms with E-state index in [1.165, 1.54) is 38.8 Å². The maximum absolute atomic E-state index is 10.6. The monoisotopic (exact) mass is 308 g/mol. The fourth-order valence-corrected chi connectivity index (χ4v) is 4.57. The van der Waals surface area contributed by atoms with E-state index in [9.17, 15) is 8.42 Å². The van der Waals surface area contributed by atoms with Crippen LogP contribution in [0.2, 0.25) is 0 Å². The second-order valence-electron chi connectivity index (χ2n) is 5.38. The van der Waals surface area contributed by atoms with Crippen LogP contribution in [0.25, 0.3) is 0 Å². The fourth-order valence-electron chi connectivity index (χ4n) is 2.88. The lowest BCUT2D eigenvalue weighted by atomic mass is 10.1. The molecule has 0 aliphatic carbocycles. The predicted molar refractivity (Wildman–Crippen MR) is 78.9 cm³/mol. The molecule has 2 saturated heterocycles. The Hall–Kier alpha value is 0.180. The largest absolute Gasteiger partial charge is 0.300 e. The highest BCUT2D eigenvalue weighted by molar-refractivity contribution is 7.97. The average Bonchev–Trinajstić information content (AvgIpc) is 2.88. The molecule has 19 heavy (non-hydrogen) atoms. The standard InChI is InChI=1S/C12H24N2O3S2/c15-19(16,17)11-3-10-18-14-8-4-12(5-9-14)13-6-1-2-7-13/h12H,1-11H2,(H,15,16,17). The molecule has 7 heteroatoms. The van der Waals surface area contributed by atoms with E-state index < -0.39 is 10.1 Å². The van der Waals surface area contributed by atoms with E-state index in [0.717, 1.165) is 24.9 Å². The van der Waals surface area contributed by atoms with Gasteiger partial charge < -0.3 is 4.90 Å². The Bertz CT molecular complexity index is 361. The molecular formula is C12H24N2O3S2. The van der Waals surface area contributed by atoms with Crippen molar-refractivity contribution in [2.24, 2.45) is 0 Å². The lowest BCUT2D eigenvalue weighted by molar-refractivity contribution is 0.173. The molecular weight excluding hydrogens is 284 g/mol. The third-order valence-electron chi connectivity index (χ3n) is 3.90. The Morgan fingerprint density at radius 1 is 1.11 bits per heavy atom. The zero-order valence-corrected chi connectivity index (χ0v) is 13.0. The Morgan fingerprint density at radius 2 is 1.74 bits per heavy atom. The van der Waals surface area contributed by atoms with Crippen molar-refractivity contribution in [3.63, 3.8) is 0 Å². The summed E-state index contributed by atoms with van der Waals surface area (Å²) >= 11 is 1.72. The average molecular weight is 308 g/mol. The quantitative estimate of drug-likeness (QED) is 0.455. The van der Waals surface area contributed by atoms with E-state index >= 15 is 0 Å². The summed E-state index contributed by atoms with van der Waals surface area (Å²) in [6, 6.07) is 0.761. The molecule has 0 aromatic rings. The van der Waals surface area contributed by atoms with Gasteiger partial charge in [0.25, 0.3) is 10.1 Å². The van der Waals surface area contributed by atoms with Gasteiger partial charge in [-0.3, -0.25) is 8.86 Å². The van der Waals surface area contributed by atoms with Crippen LogP contribution in [0.5, 0.6) is 0 Å². The molecule has 2 aliphatic heterocycles. The van der Waals surface area contributed by atoms with Crippen molar-refractivity contribution >= 4 is 22.1 Å². The zero-order chi connectivity index (χ0) is 13.7. The smallest absolute Gasteiger partial charge is 0.264 e. The summed E-state index contributed by atoms with van der Waals surface area (Å²) in [5.74, 6) is 0.651. The maximum Gasteiger partial charge on any atom is 0.264 e. The van der Waals surface area contributed by atoms with Gasteiger partial charge in [0.15, 0.2) is 0 Å². The summed E-state index contributed by atoms with van der Waals surface area (Å²) in [5, 5.41) is 0. The molecule has 0 saturated carbocycles. The molecule has 0 amide bonds. The van der Waals surface area contributed by atoms with E-state index in [4.69, 9.17) is 4.55 Å². The molecule has 0 aromatic heterocycles. The minimum Gasteiger partial charge on any atom is -0.300 e. The molecule has 0 aromatic carbocycles. The van der Waals surface area contributed by atoms with Crippen molar-refractivity contribution in [1.82, 2.24) is 9.21 Å². The first kappa shape index (κ1) is 15.6. The first-order valence-electron chi connectivity index (χ1n) is 7.12. The van der Waals surface area contributed by atoms with Crippen LogP contribution in [0.15, 0.2) is 0 Å². The van der Waals surface area contributed by atoms with E-state index in [0.29, 0.717) is 6.42 Å². The summed E-state index contributed by atoms with van der Waals surface area (Å²) in [7, 11) is -3.79. The van der Waals surface area contributed by atoms with Crippen molar-refractivity contribution in [3.8, 4) is 0 Å². The van der Waals surface area contributed by atoms with Crippen LogP contribution < -0.4 is 0 Å². The molecule has 112 valence electrons. The van der Waals surface area contributed by atoms with Crippen LogP contribution in [0, 0.1) is 0 Å². The fraction of sp³-hybridized carbons (Fsp3) is 1.00. The Labute approximate surface area is 120 Å². The second kappa shape index (κ2) is 7.26. The van der Waals surface area contributed by atoms with Gasteiger partial charge >= 0.3 is 0 Å². The molecule has 1 N–H and O–H groups in total. The summed E-state index contributed by atoms with van der Waals surface area (Å²) < 4.78 is 32.2. The predicted octanol–water partition coefficient (Wildman–Crippen LogP) is 1.47. The van der Waals surface area contributed by atoms with Gasteiger partial charge in [-0.15, -0.1) is 0 Å². The zero-order valence-electron chi connectivity index (χ0n) is 11.3. The van der Waals surface area contributed by atoms with Gasteiger partial charge in [-0.1, -0.05) is 11.9 Å². The Morgan fingerprint density at radius 3 is 2.32 bits per heavy atom. The van der Waals surface area contributed by atoms with Crippen molar-refractivity contribution < 1.29 is 13.0 Å². The lowest BCUT2D eigenvalue weighted by Gasteiger charge is -2.35. The molecule has 2 aliphatic rings. The van der Waals surface area contributed by atoms with E-state index in [1.54, 1.807) is 11.9 Å². The molecule has 0 radical (unpaired) electrons. The number of piperidine rings is 1. The Balaban J connectivity index is 1.58. The second-order valence-corrected chi connectivity index (χ2v) is 8.13. The van der Waals surface area contributed by atoms with Gasteiger partial charge in [0.05, 0.1) is 5.75 Å². The molecule has 0 atom stereocenters. The van der Waals surface area contributed by atoms with Crippen molar-refractivity contribution in [2.75, 3.05) is 37.7 Å². The molecule has 2 rings (SSSR count). The molecule has 0 spiro atoms. The van der Waals surface area contributed by atoms with Crippen LogP contribution in [0.1, 0.15) is 32.1 Å². The SMILES string of the molecule is O=S(=O)(O)CCCSN1CCC(N2CCCC2)CC1. The van der Waals surface area contributed by atoms with E-state index in [-0.39, 0.29) is 5.75 Å². The van der Waals surface area contributed by atoms with Crippen molar-refractivity contribution in [2.45, 2.75) is 38.1 Å². The van der Waals surface area contributed by atoms with Crippen LogP contribution in [0.3, 0.4) is 0 Å². The van der Waals surface area contributed by atoms with Gasteiger partial charge in [-0.2, -0.15) is 8.42 Å². The van der Waals surface area contributed by atoms with Crippen molar-refractivity contribution in [1.29, 1.82) is 0 Å². The minimum atomic E-state index is -3.79. The van der Waals surface area contributed by atoms with Crippen LogP contribution in [-0.2, 0) is 10.1 Å². The number of likely N-dealkylation sites (tertiary alicyclic amines) is 1. The highest BCUT2D eigenvalue weighted by Crippen LogP contribution is 2.24. The highest BCUT2D eigenvalue weighted by atomic mass is 32.2. The van der Waals surface area contributed by atoms with Crippen LogP contribution in [0.4, 0.5) is 0 Å². The highest BCUT2D eigenvalue weighted by Gasteiger charge is 2.26. The van der Waals surface area contributed by atoms with E-state index in [1.807, 2.05) is 0 Å². The number of hydrogen-bond donors (Lipinski definition) is 1. The van der Waals surface area contributed by atoms with Crippen LogP contribution in [-0.4, -0.2) is 65.9 Å². The number of hydrogen-bond acceptors (Lipinski definition) is 5. The summed E-state index contributed by atoms with van der Waals surface area (Å²) in [6.45, 7) is 4.73. The number of nitrogens with zero attached hydrogens (tertiary/aromatic N) is 2. The molecule has 0 bridgehead atoms. The summed E-state index contributed by atoms with van der Waals surface area (Å²) in [6.07, 6.45) is 5.68. The first-order valence-corrected chi connectivity index (χ1v) is 9.67. The van der Waals surface area contributed by atoms with Crippen LogP contribution >= 0.6 is 11.9 Å². The minimum absolute atomic E-state index is 0.121. The lowest BCUT2D eigenvalue weighted by Crippen LogP contribution is -2.41. The Kier molecular flexibility index (Phi) is 5.95. The molecule has 2 fully saturated rings. The van der Waals surface area contributed by atoms with Crippen molar-refractivity contribution in [3.05, 3.63) is 0 Å².